The van der Waals surface area contributed by atoms with E-state index in [0.717, 1.165) is 5.69 Å². The second-order valence-corrected chi connectivity index (χ2v) is 12.6. The molecule has 0 bridgehead atoms. The van der Waals surface area contributed by atoms with E-state index in [9.17, 15) is 0 Å². The van der Waals surface area contributed by atoms with Crippen molar-refractivity contribution >= 4 is 54.4 Å². The zero-order valence-corrected chi connectivity index (χ0v) is 26.2. The monoisotopic (exact) mass is 610 g/mol. The van der Waals surface area contributed by atoms with E-state index in [4.69, 9.17) is 0 Å². The van der Waals surface area contributed by atoms with E-state index in [0.29, 0.717) is 0 Å². The third kappa shape index (κ3) is 4.06. The summed E-state index contributed by atoms with van der Waals surface area (Å²) in [6.45, 7) is 0. The van der Waals surface area contributed by atoms with Gasteiger partial charge >= 0.3 is 0 Å². The molecule has 0 fully saturated rings. The van der Waals surface area contributed by atoms with Gasteiger partial charge < -0.3 is 9.13 Å². The summed E-state index contributed by atoms with van der Waals surface area (Å²) in [7, 11) is 0. The minimum absolute atomic E-state index is 1.15. The Bertz CT molecular complexity index is 2750. The molecule has 2 aromatic heterocycles. The lowest BCUT2D eigenvalue weighted by Crippen LogP contribution is -1.96. The lowest BCUT2D eigenvalue weighted by atomic mass is 9.98. The van der Waals surface area contributed by atoms with Crippen molar-refractivity contribution in [2.45, 2.75) is 0 Å². The molecule has 10 aromatic rings. The summed E-state index contributed by atoms with van der Waals surface area (Å²) in [5.74, 6) is 0. The SMILES string of the molecule is c1ccc(-c2cc(-c3ccccc3)cc(-n3c4ccccc4c4c5cc6c(cc5ccc43)c3ccccc3n6-c3ccccc3)c2)cc1. The Morgan fingerprint density at radius 3 is 1.48 bits per heavy atom. The molecule has 2 heteroatoms. The maximum atomic E-state index is 2.46. The van der Waals surface area contributed by atoms with Crippen LogP contribution in [0.15, 0.2) is 182 Å². The van der Waals surface area contributed by atoms with Crippen molar-refractivity contribution in [1.29, 1.82) is 0 Å². The summed E-state index contributed by atoms with van der Waals surface area (Å²) < 4.78 is 4.87. The van der Waals surface area contributed by atoms with Crippen molar-refractivity contribution < 1.29 is 0 Å². The van der Waals surface area contributed by atoms with E-state index < -0.39 is 0 Å². The maximum Gasteiger partial charge on any atom is 0.0547 e. The standard InChI is InChI=1S/C46H30N2/c1-4-14-31(15-5-1)34-26-35(32-16-6-2-7-17-32)28-37(27-34)48-43-23-13-11-21-39(43)46-40-30-45-41(29-33(40)24-25-44(46)48)38-20-10-12-22-42(38)47(45)36-18-8-3-9-19-36/h1-30H. The molecule has 0 amide bonds. The molecule has 2 heterocycles. The van der Waals surface area contributed by atoms with Crippen LogP contribution in [0.4, 0.5) is 0 Å². The molecule has 0 aliphatic heterocycles. The number of aromatic nitrogens is 2. The van der Waals surface area contributed by atoms with Crippen molar-refractivity contribution in [3.8, 4) is 33.6 Å². The summed E-state index contributed by atoms with van der Waals surface area (Å²) in [5.41, 5.74) is 12.0. The first-order chi connectivity index (χ1) is 23.8. The van der Waals surface area contributed by atoms with Gasteiger partial charge in [-0.1, -0.05) is 121 Å². The van der Waals surface area contributed by atoms with Crippen molar-refractivity contribution in [3.05, 3.63) is 182 Å². The third-order valence-corrected chi connectivity index (χ3v) is 9.85. The van der Waals surface area contributed by atoms with Crippen molar-refractivity contribution in [2.24, 2.45) is 0 Å². The smallest absolute Gasteiger partial charge is 0.0547 e. The second kappa shape index (κ2) is 10.6. The molecule has 2 nitrogen and oxygen atoms in total. The first-order valence-electron chi connectivity index (χ1n) is 16.5. The van der Waals surface area contributed by atoms with Crippen LogP contribution in [0.5, 0.6) is 0 Å². The summed E-state index contributed by atoms with van der Waals surface area (Å²) >= 11 is 0. The molecule has 0 N–H and O–H groups in total. The quantitative estimate of drug-likeness (QED) is 0.188. The topological polar surface area (TPSA) is 9.86 Å². The van der Waals surface area contributed by atoms with Gasteiger partial charge in [-0.3, -0.25) is 0 Å². The molecular weight excluding hydrogens is 581 g/mol. The lowest BCUT2D eigenvalue weighted by molar-refractivity contribution is 1.18. The predicted molar refractivity (Wildman–Crippen MR) is 203 cm³/mol. The fraction of sp³-hybridized carbons (Fsp3) is 0. The van der Waals surface area contributed by atoms with E-state index in [2.05, 4.69) is 191 Å². The summed E-state index contributed by atoms with van der Waals surface area (Å²) in [5, 5.41) is 7.59. The van der Waals surface area contributed by atoms with Gasteiger partial charge in [-0.25, -0.2) is 0 Å². The highest BCUT2D eigenvalue weighted by atomic mass is 15.0. The molecule has 0 aliphatic carbocycles. The van der Waals surface area contributed by atoms with Crippen LogP contribution in [0.25, 0.3) is 88.0 Å². The number of nitrogens with zero attached hydrogens (tertiary/aromatic N) is 2. The zero-order valence-electron chi connectivity index (χ0n) is 26.2. The highest BCUT2D eigenvalue weighted by molar-refractivity contribution is 6.25. The van der Waals surface area contributed by atoms with Crippen LogP contribution >= 0.6 is 0 Å². The minimum atomic E-state index is 1.15. The number of hydrogen-bond acceptors (Lipinski definition) is 0. The molecule has 0 saturated heterocycles. The van der Waals surface area contributed by atoms with Crippen LogP contribution in [0.1, 0.15) is 0 Å². The fourth-order valence-corrected chi connectivity index (χ4v) is 7.72. The molecule has 224 valence electrons. The van der Waals surface area contributed by atoms with Gasteiger partial charge in [-0.15, -0.1) is 0 Å². The van der Waals surface area contributed by atoms with Gasteiger partial charge in [-0.2, -0.15) is 0 Å². The molecule has 48 heavy (non-hydrogen) atoms. The van der Waals surface area contributed by atoms with E-state index in [1.807, 2.05) is 0 Å². The maximum absolute atomic E-state index is 2.46. The Balaban J connectivity index is 1.31. The number of hydrogen-bond donors (Lipinski definition) is 0. The highest BCUT2D eigenvalue weighted by Crippen LogP contribution is 2.42. The van der Waals surface area contributed by atoms with Crippen LogP contribution in [-0.4, -0.2) is 9.13 Å². The predicted octanol–water partition coefficient (Wildman–Crippen LogP) is 12.4. The second-order valence-electron chi connectivity index (χ2n) is 12.6. The number of para-hydroxylation sites is 3. The average Bonchev–Trinajstić information content (AvgIpc) is 3.67. The molecule has 0 saturated carbocycles. The molecule has 10 rings (SSSR count). The van der Waals surface area contributed by atoms with Gasteiger partial charge in [-0.05, 0) is 93.7 Å². The van der Waals surface area contributed by atoms with Crippen LogP contribution in [0.2, 0.25) is 0 Å². The number of benzene rings is 8. The van der Waals surface area contributed by atoms with Gasteiger partial charge in [0, 0.05) is 32.9 Å². The highest BCUT2D eigenvalue weighted by Gasteiger charge is 2.19. The van der Waals surface area contributed by atoms with Gasteiger partial charge in [0.2, 0.25) is 0 Å². The number of fused-ring (bicyclic) bond motifs is 8. The molecule has 0 aliphatic rings. The zero-order chi connectivity index (χ0) is 31.6. The van der Waals surface area contributed by atoms with Gasteiger partial charge in [0.05, 0.1) is 22.1 Å². The van der Waals surface area contributed by atoms with Gasteiger partial charge in [0.25, 0.3) is 0 Å². The Kier molecular flexibility index (Phi) is 5.91. The lowest BCUT2D eigenvalue weighted by Gasteiger charge is -2.14. The Morgan fingerprint density at radius 2 is 0.812 bits per heavy atom. The fourth-order valence-electron chi connectivity index (χ4n) is 7.72. The van der Waals surface area contributed by atoms with Gasteiger partial charge in [0.1, 0.15) is 0 Å². The molecule has 8 aromatic carbocycles. The Hall–Kier alpha value is -6.38. The Morgan fingerprint density at radius 1 is 0.271 bits per heavy atom. The average molecular weight is 611 g/mol. The molecule has 0 radical (unpaired) electrons. The largest absolute Gasteiger partial charge is 0.309 e. The summed E-state index contributed by atoms with van der Waals surface area (Å²) in [4.78, 5) is 0. The van der Waals surface area contributed by atoms with Crippen LogP contribution in [0.3, 0.4) is 0 Å². The molecular formula is C46H30N2. The van der Waals surface area contributed by atoms with E-state index >= 15 is 0 Å². The van der Waals surface area contributed by atoms with Crippen molar-refractivity contribution in [3.63, 3.8) is 0 Å². The Labute approximate surface area is 278 Å². The van der Waals surface area contributed by atoms with E-state index in [1.54, 1.807) is 0 Å². The minimum Gasteiger partial charge on any atom is -0.309 e. The van der Waals surface area contributed by atoms with Crippen LogP contribution < -0.4 is 0 Å². The van der Waals surface area contributed by atoms with Crippen molar-refractivity contribution in [1.82, 2.24) is 9.13 Å². The molecule has 0 atom stereocenters. The summed E-state index contributed by atoms with van der Waals surface area (Å²) in [6.07, 6.45) is 0. The van der Waals surface area contributed by atoms with E-state index in [-0.39, 0.29) is 0 Å². The van der Waals surface area contributed by atoms with Crippen LogP contribution in [0, 0.1) is 0 Å². The third-order valence-electron chi connectivity index (χ3n) is 9.85. The first kappa shape index (κ1) is 26.8. The summed E-state index contributed by atoms with van der Waals surface area (Å²) in [6, 6.07) is 66.2. The molecule has 0 unspecified atom stereocenters. The van der Waals surface area contributed by atoms with E-state index in [1.165, 1.54) is 82.3 Å². The normalized spacial score (nSPS) is 11.8. The first-order valence-corrected chi connectivity index (χ1v) is 16.5. The number of rotatable bonds is 4. The molecule has 0 spiro atoms. The van der Waals surface area contributed by atoms with Gasteiger partial charge in [0.15, 0.2) is 0 Å². The van der Waals surface area contributed by atoms with Crippen LogP contribution in [-0.2, 0) is 0 Å². The van der Waals surface area contributed by atoms with Crippen molar-refractivity contribution in [2.75, 3.05) is 0 Å².